The van der Waals surface area contributed by atoms with Crippen molar-refractivity contribution < 1.29 is 19.4 Å². The number of thioether (sulfide) groups is 1. The highest BCUT2D eigenvalue weighted by Gasteiger charge is 2.36. The number of carbonyl (C=O) groups excluding carboxylic acids is 1. The van der Waals surface area contributed by atoms with Crippen LogP contribution >= 0.6 is 11.8 Å². The van der Waals surface area contributed by atoms with Crippen molar-refractivity contribution in [2.75, 3.05) is 6.54 Å². The molecule has 0 aliphatic heterocycles. The summed E-state index contributed by atoms with van der Waals surface area (Å²) in [7, 11) is 0. The van der Waals surface area contributed by atoms with Crippen LogP contribution in [-0.2, 0) is 14.3 Å². The lowest BCUT2D eigenvalue weighted by atomic mass is 9.97. The van der Waals surface area contributed by atoms with Crippen molar-refractivity contribution in [2.24, 2.45) is 5.73 Å². The molecule has 6 heteroatoms. The van der Waals surface area contributed by atoms with Crippen LogP contribution in [0.2, 0.25) is 0 Å². The first-order valence-corrected chi connectivity index (χ1v) is 9.11. The molecule has 0 radical (unpaired) electrons. The second kappa shape index (κ2) is 10.0. The number of hydrogen-bond acceptors (Lipinski definition) is 6. The van der Waals surface area contributed by atoms with E-state index in [2.05, 4.69) is 0 Å². The summed E-state index contributed by atoms with van der Waals surface area (Å²) in [6, 6.07) is 9.92. The zero-order valence-electron chi connectivity index (χ0n) is 14.9. The van der Waals surface area contributed by atoms with Crippen LogP contribution in [0, 0.1) is 0 Å². The molecule has 3 N–H and O–H groups in total. The number of rotatable bonds is 10. The molecule has 3 atom stereocenters. The third-order valence-corrected chi connectivity index (χ3v) is 4.40. The van der Waals surface area contributed by atoms with Crippen LogP contribution in [0.1, 0.15) is 40.5 Å². The van der Waals surface area contributed by atoms with Crippen LogP contribution in [0.4, 0.5) is 0 Å². The molecule has 0 saturated carbocycles. The molecule has 0 saturated heterocycles. The molecule has 0 amide bonds. The largest absolute Gasteiger partial charge is 0.457 e. The minimum absolute atomic E-state index is 0.144. The van der Waals surface area contributed by atoms with E-state index in [0.717, 1.165) is 4.90 Å². The van der Waals surface area contributed by atoms with Gasteiger partial charge in [0.2, 0.25) is 0 Å². The van der Waals surface area contributed by atoms with Crippen molar-refractivity contribution in [1.82, 2.24) is 0 Å². The van der Waals surface area contributed by atoms with E-state index < -0.39 is 17.8 Å². The van der Waals surface area contributed by atoms with E-state index in [1.165, 1.54) is 0 Å². The van der Waals surface area contributed by atoms with E-state index in [4.69, 9.17) is 15.2 Å². The van der Waals surface area contributed by atoms with E-state index in [0.29, 0.717) is 13.0 Å². The number of benzene rings is 1. The van der Waals surface area contributed by atoms with Gasteiger partial charge in [-0.1, -0.05) is 30.0 Å². The maximum absolute atomic E-state index is 11.9. The summed E-state index contributed by atoms with van der Waals surface area (Å²) < 4.78 is 11.4. The van der Waals surface area contributed by atoms with Gasteiger partial charge in [-0.2, -0.15) is 0 Å². The van der Waals surface area contributed by atoms with Gasteiger partial charge in [0.15, 0.2) is 6.10 Å². The summed E-state index contributed by atoms with van der Waals surface area (Å²) in [6.45, 7) is 7.40. The summed E-state index contributed by atoms with van der Waals surface area (Å²) in [4.78, 5) is 13.0. The normalized spacial score (nSPS) is 15.6. The van der Waals surface area contributed by atoms with Crippen molar-refractivity contribution in [2.45, 2.75) is 68.7 Å². The number of nitrogens with two attached hydrogens (primary N) is 1. The number of aliphatic hydroxyl groups is 1. The van der Waals surface area contributed by atoms with Crippen molar-refractivity contribution in [1.29, 1.82) is 0 Å². The highest BCUT2D eigenvalue weighted by molar-refractivity contribution is 7.99. The number of esters is 1. The maximum Gasteiger partial charge on any atom is 0.306 e. The van der Waals surface area contributed by atoms with Gasteiger partial charge in [-0.05, 0) is 52.8 Å². The Morgan fingerprint density at radius 1 is 1.29 bits per heavy atom. The van der Waals surface area contributed by atoms with Crippen LogP contribution in [0.3, 0.4) is 0 Å². The van der Waals surface area contributed by atoms with Crippen molar-refractivity contribution in [3.05, 3.63) is 30.3 Å². The highest BCUT2D eigenvalue weighted by atomic mass is 32.2. The fourth-order valence-corrected chi connectivity index (χ4v) is 3.28. The molecule has 0 aromatic heterocycles. The fraction of sp³-hybridized carbons (Fsp3) is 0.611. The molecule has 136 valence electrons. The minimum atomic E-state index is -1.20. The van der Waals surface area contributed by atoms with E-state index in [-0.39, 0.29) is 17.8 Å². The van der Waals surface area contributed by atoms with Gasteiger partial charge in [0.25, 0.3) is 0 Å². The Balaban J connectivity index is 2.63. The average molecular weight is 356 g/mol. The minimum Gasteiger partial charge on any atom is -0.457 e. The molecule has 0 spiro atoms. The lowest BCUT2D eigenvalue weighted by Crippen LogP contribution is -2.48. The summed E-state index contributed by atoms with van der Waals surface area (Å²) in [5.74, 6) is -0.369. The lowest BCUT2D eigenvalue weighted by Gasteiger charge is -2.34. The number of hydrogen-bond donors (Lipinski definition) is 2. The summed E-state index contributed by atoms with van der Waals surface area (Å²) in [6.07, 6.45) is -0.392. The Labute approximate surface area is 148 Å². The van der Waals surface area contributed by atoms with Crippen LogP contribution in [0.25, 0.3) is 0 Å². The molecule has 0 aliphatic carbocycles. The molecule has 0 aliphatic rings. The SMILES string of the molecule is CC(OC(C)C(OC(=O)CCCN)C(C)(C)O)Sc1ccccc1. The van der Waals surface area contributed by atoms with Gasteiger partial charge in [0, 0.05) is 11.3 Å². The van der Waals surface area contributed by atoms with E-state index in [1.807, 2.05) is 37.3 Å². The number of ether oxygens (including phenoxy) is 2. The van der Waals surface area contributed by atoms with Crippen molar-refractivity contribution in [3.8, 4) is 0 Å². The molecule has 24 heavy (non-hydrogen) atoms. The molecular weight excluding hydrogens is 326 g/mol. The fourth-order valence-electron chi connectivity index (χ4n) is 2.35. The first kappa shape index (κ1) is 21.0. The maximum atomic E-state index is 11.9. The predicted molar refractivity (Wildman–Crippen MR) is 96.8 cm³/mol. The highest BCUT2D eigenvalue weighted by Crippen LogP contribution is 2.27. The van der Waals surface area contributed by atoms with Crippen LogP contribution in [0.5, 0.6) is 0 Å². The third-order valence-electron chi connectivity index (χ3n) is 3.42. The van der Waals surface area contributed by atoms with E-state index in [1.54, 1.807) is 32.5 Å². The topological polar surface area (TPSA) is 81.8 Å². The Kier molecular flexibility index (Phi) is 8.76. The molecule has 1 aromatic rings. The molecule has 0 heterocycles. The lowest BCUT2D eigenvalue weighted by molar-refractivity contribution is -0.180. The van der Waals surface area contributed by atoms with E-state index >= 15 is 0 Å². The first-order valence-electron chi connectivity index (χ1n) is 8.23. The van der Waals surface area contributed by atoms with Gasteiger partial charge < -0.3 is 20.3 Å². The van der Waals surface area contributed by atoms with Gasteiger partial charge in [-0.3, -0.25) is 4.79 Å². The Hall–Kier alpha value is -1.08. The molecule has 5 nitrogen and oxygen atoms in total. The third kappa shape index (κ3) is 7.66. The Bertz CT molecular complexity index is 490. The summed E-state index contributed by atoms with van der Waals surface area (Å²) in [5, 5.41) is 10.3. The Morgan fingerprint density at radius 2 is 1.92 bits per heavy atom. The van der Waals surface area contributed by atoms with Gasteiger partial charge in [-0.15, -0.1) is 0 Å². The molecule has 1 rings (SSSR count). The molecule has 1 aromatic carbocycles. The smallest absolute Gasteiger partial charge is 0.306 e. The van der Waals surface area contributed by atoms with E-state index in [9.17, 15) is 9.90 Å². The predicted octanol–water partition coefficient (Wildman–Crippen LogP) is 2.95. The molecule has 0 fully saturated rings. The Morgan fingerprint density at radius 3 is 2.46 bits per heavy atom. The first-order chi connectivity index (χ1) is 11.2. The van der Waals surface area contributed by atoms with Gasteiger partial charge in [-0.25, -0.2) is 0 Å². The zero-order chi connectivity index (χ0) is 18.2. The van der Waals surface area contributed by atoms with Crippen molar-refractivity contribution >= 4 is 17.7 Å². The second-order valence-corrected chi connectivity index (χ2v) is 7.67. The number of carbonyl (C=O) groups is 1. The standard InChI is InChI=1S/C18H29NO4S/c1-13(22-14(2)24-15-9-6-5-7-10-15)17(18(3,4)21)23-16(20)11-8-12-19/h5-7,9-10,13-14,17,21H,8,11-12,19H2,1-4H3. The zero-order valence-corrected chi connectivity index (χ0v) is 15.7. The van der Waals surface area contributed by atoms with Crippen molar-refractivity contribution in [3.63, 3.8) is 0 Å². The monoisotopic (exact) mass is 355 g/mol. The average Bonchev–Trinajstić information content (AvgIpc) is 2.50. The van der Waals surface area contributed by atoms with Crippen LogP contribution < -0.4 is 5.73 Å². The quantitative estimate of drug-likeness (QED) is 0.381. The second-order valence-electron chi connectivity index (χ2n) is 6.30. The summed E-state index contributed by atoms with van der Waals surface area (Å²) >= 11 is 1.57. The van der Waals surface area contributed by atoms with Crippen LogP contribution in [-0.4, -0.2) is 40.9 Å². The van der Waals surface area contributed by atoms with Gasteiger partial charge >= 0.3 is 5.97 Å². The molecule has 0 bridgehead atoms. The molecule has 3 unspecified atom stereocenters. The van der Waals surface area contributed by atoms with Crippen LogP contribution in [0.15, 0.2) is 35.2 Å². The molecular formula is C18H29NO4S. The summed E-state index contributed by atoms with van der Waals surface area (Å²) in [5.41, 5.74) is 4.06. The van der Waals surface area contributed by atoms with Gasteiger partial charge in [0.05, 0.1) is 11.7 Å². The van der Waals surface area contributed by atoms with Gasteiger partial charge in [0.1, 0.15) is 5.44 Å².